The van der Waals surface area contributed by atoms with E-state index in [1.165, 1.54) is 4.90 Å². The number of hydrogen-bond donors (Lipinski definition) is 2. The first-order valence-electron chi connectivity index (χ1n) is 9.99. The Morgan fingerprint density at radius 2 is 2.03 bits per heavy atom. The number of aliphatic hydroxyl groups is 1. The first-order chi connectivity index (χ1) is 14.4. The second kappa shape index (κ2) is 6.78. The molecule has 0 spiro atoms. The Kier molecular flexibility index (Phi) is 4.19. The number of carbonyl (C=O) groups is 1. The third kappa shape index (κ3) is 3.25. The molecule has 2 aliphatic rings. The maximum Gasteiger partial charge on any atom is 0.267 e. The summed E-state index contributed by atoms with van der Waals surface area (Å²) in [5.41, 5.74) is 8.16. The Morgan fingerprint density at radius 3 is 2.77 bits per heavy atom. The fourth-order valence-corrected chi connectivity index (χ4v) is 3.64. The Labute approximate surface area is 174 Å². The molecule has 1 saturated carbocycles. The lowest BCUT2D eigenvalue weighted by Crippen LogP contribution is -2.37. The number of anilines is 1. The Hall–Kier alpha value is -3.50. The van der Waals surface area contributed by atoms with Crippen molar-refractivity contribution in [2.45, 2.75) is 30.8 Å². The van der Waals surface area contributed by atoms with Gasteiger partial charge in [-0.2, -0.15) is 0 Å². The van der Waals surface area contributed by atoms with Gasteiger partial charge in [0.05, 0.1) is 11.2 Å². The zero-order valence-corrected chi connectivity index (χ0v) is 16.6. The van der Waals surface area contributed by atoms with Crippen LogP contribution in [0.25, 0.3) is 22.3 Å². The topological polar surface area (TPSA) is 105 Å². The fraction of sp³-hybridized carbons (Fsp3) is 0.304. The summed E-state index contributed by atoms with van der Waals surface area (Å²) in [7, 11) is 1.66. The SMILES string of the molecule is CN1CC[C@@](O)(C#Cc2cccc(-c3ccc4nc(C5CC5)nc(N)c4n3)c2)C1=O. The number of benzene rings is 1. The molecule has 1 aliphatic heterocycles. The number of pyridine rings is 1. The van der Waals surface area contributed by atoms with E-state index in [0.717, 1.165) is 35.4 Å². The van der Waals surface area contributed by atoms with E-state index in [9.17, 15) is 9.90 Å². The molecule has 2 fully saturated rings. The lowest BCUT2D eigenvalue weighted by atomic mass is 10.0. The van der Waals surface area contributed by atoms with Crippen LogP contribution in [-0.2, 0) is 4.79 Å². The summed E-state index contributed by atoms with van der Waals surface area (Å²) in [4.78, 5) is 27.3. The molecule has 0 radical (unpaired) electrons. The van der Waals surface area contributed by atoms with Gasteiger partial charge in [-0.05, 0) is 37.1 Å². The van der Waals surface area contributed by atoms with Crippen molar-refractivity contribution in [3.05, 3.63) is 47.8 Å². The van der Waals surface area contributed by atoms with E-state index in [2.05, 4.69) is 26.8 Å². The highest BCUT2D eigenvalue weighted by Gasteiger charge is 2.42. The molecule has 2 aromatic heterocycles. The van der Waals surface area contributed by atoms with Crippen molar-refractivity contribution in [1.29, 1.82) is 0 Å². The van der Waals surface area contributed by atoms with Crippen LogP contribution in [0.5, 0.6) is 0 Å². The van der Waals surface area contributed by atoms with Gasteiger partial charge >= 0.3 is 0 Å². The smallest absolute Gasteiger partial charge is 0.267 e. The zero-order valence-electron chi connectivity index (χ0n) is 16.6. The molecule has 150 valence electrons. The molecule has 1 atom stereocenters. The van der Waals surface area contributed by atoms with Crippen molar-refractivity contribution in [3.63, 3.8) is 0 Å². The average molecular weight is 399 g/mol. The van der Waals surface area contributed by atoms with Crippen LogP contribution in [0.1, 0.15) is 36.6 Å². The Bertz CT molecular complexity index is 1240. The number of rotatable bonds is 2. The number of carbonyl (C=O) groups excluding carboxylic acids is 1. The van der Waals surface area contributed by atoms with E-state index in [4.69, 9.17) is 5.73 Å². The van der Waals surface area contributed by atoms with E-state index >= 15 is 0 Å². The molecule has 30 heavy (non-hydrogen) atoms. The summed E-state index contributed by atoms with van der Waals surface area (Å²) >= 11 is 0. The van der Waals surface area contributed by atoms with Gasteiger partial charge in [-0.25, -0.2) is 15.0 Å². The largest absolute Gasteiger partial charge is 0.382 e. The Balaban J connectivity index is 1.48. The number of amides is 1. The van der Waals surface area contributed by atoms with Crippen molar-refractivity contribution < 1.29 is 9.90 Å². The summed E-state index contributed by atoms with van der Waals surface area (Å²) in [5, 5.41) is 10.5. The van der Waals surface area contributed by atoms with Crippen LogP contribution in [0.3, 0.4) is 0 Å². The summed E-state index contributed by atoms with van der Waals surface area (Å²) in [5.74, 6) is 6.95. The molecule has 5 rings (SSSR count). The molecule has 1 saturated heterocycles. The monoisotopic (exact) mass is 399 g/mol. The predicted octanol–water partition coefficient (Wildman–Crippen LogP) is 2.10. The lowest BCUT2D eigenvalue weighted by molar-refractivity contribution is -0.137. The fourth-order valence-electron chi connectivity index (χ4n) is 3.64. The predicted molar refractivity (Wildman–Crippen MR) is 113 cm³/mol. The molecule has 1 amide bonds. The van der Waals surface area contributed by atoms with Crippen molar-refractivity contribution >= 4 is 22.8 Å². The lowest BCUT2D eigenvalue weighted by Gasteiger charge is -2.13. The maximum absolute atomic E-state index is 12.1. The number of fused-ring (bicyclic) bond motifs is 1. The highest BCUT2D eigenvalue weighted by molar-refractivity contribution is 5.90. The van der Waals surface area contributed by atoms with Crippen LogP contribution in [-0.4, -0.2) is 50.1 Å². The number of likely N-dealkylation sites (N-methyl/N-ethyl adjacent to an activating group) is 1. The second-order valence-electron chi connectivity index (χ2n) is 7.97. The molecular formula is C23H21N5O2. The number of nitrogens with two attached hydrogens (primary N) is 1. The van der Waals surface area contributed by atoms with Gasteiger partial charge in [-0.15, -0.1) is 0 Å². The summed E-state index contributed by atoms with van der Waals surface area (Å²) < 4.78 is 0. The molecule has 3 N–H and O–H groups in total. The van der Waals surface area contributed by atoms with Crippen molar-refractivity contribution in [2.24, 2.45) is 0 Å². The summed E-state index contributed by atoms with van der Waals surface area (Å²) in [6.07, 6.45) is 2.53. The van der Waals surface area contributed by atoms with E-state index in [1.54, 1.807) is 7.05 Å². The van der Waals surface area contributed by atoms with Crippen LogP contribution in [0.2, 0.25) is 0 Å². The van der Waals surface area contributed by atoms with Crippen LogP contribution < -0.4 is 5.73 Å². The van der Waals surface area contributed by atoms with E-state index in [0.29, 0.717) is 35.8 Å². The maximum atomic E-state index is 12.1. The minimum absolute atomic E-state index is 0.309. The number of nitrogen functional groups attached to an aromatic ring is 1. The first kappa shape index (κ1) is 18.5. The number of nitrogens with zero attached hydrogens (tertiary/aromatic N) is 4. The van der Waals surface area contributed by atoms with Crippen molar-refractivity contribution in [3.8, 4) is 23.1 Å². The van der Waals surface area contributed by atoms with Crippen LogP contribution in [0.15, 0.2) is 36.4 Å². The second-order valence-corrected chi connectivity index (χ2v) is 7.97. The highest BCUT2D eigenvalue weighted by atomic mass is 16.3. The van der Waals surface area contributed by atoms with Gasteiger partial charge in [-0.3, -0.25) is 4.79 Å². The third-order valence-electron chi connectivity index (χ3n) is 5.61. The molecule has 0 unspecified atom stereocenters. The number of likely N-dealkylation sites (tertiary alicyclic amines) is 1. The van der Waals surface area contributed by atoms with Gasteiger partial charge in [0.2, 0.25) is 5.60 Å². The molecule has 7 nitrogen and oxygen atoms in total. The van der Waals surface area contributed by atoms with Gasteiger partial charge in [0, 0.05) is 37.1 Å². The molecule has 1 aliphatic carbocycles. The van der Waals surface area contributed by atoms with Crippen LogP contribution in [0.4, 0.5) is 5.82 Å². The molecular weight excluding hydrogens is 378 g/mol. The Morgan fingerprint density at radius 1 is 1.20 bits per heavy atom. The zero-order chi connectivity index (χ0) is 20.9. The van der Waals surface area contributed by atoms with Gasteiger partial charge in [0.1, 0.15) is 11.3 Å². The average Bonchev–Trinajstić information content (AvgIpc) is 3.57. The molecule has 3 heterocycles. The number of hydrogen-bond acceptors (Lipinski definition) is 6. The highest BCUT2D eigenvalue weighted by Crippen LogP contribution is 2.39. The third-order valence-corrected chi connectivity index (χ3v) is 5.61. The molecule has 3 aromatic rings. The van der Waals surface area contributed by atoms with Gasteiger partial charge in [0.15, 0.2) is 5.82 Å². The van der Waals surface area contributed by atoms with Gasteiger partial charge in [0.25, 0.3) is 5.91 Å². The molecule has 7 heteroatoms. The summed E-state index contributed by atoms with van der Waals surface area (Å²) in [6.45, 7) is 0.497. The van der Waals surface area contributed by atoms with Crippen LogP contribution in [0, 0.1) is 11.8 Å². The quantitative estimate of drug-likeness (QED) is 0.640. The number of aromatic nitrogens is 3. The standard InChI is InChI=1S/C23H21N5O2/c1-28-12-11-23(30,22(28)29)10-9-14-3-2-4-16(13-14)17-7-8-18-19(25-17)20(24)27-21(26-18)15-5-6-15/h2-4,7-8,13,15,30H,5-6,11-12H2,1H3,(H2,24,26,27)/t23-/m0/s1. The van der Waals surface area contributed by atoms with E-state index < -0.39 is 5.60 Å². The van der Waals surface area contributed by atoms with Crippen molar-refractivity contribution in [2.75, 3.05) is 19.3 Å². The minimum atomic E-state index is -1.61. The molecule has 0 bridgehead atoms. The van der Waals surface area contributed by atoms with Gasteiger partial charge < -0.3 is 15.7 Å². The van der Waals surface area contributed by atoms with Crippen molar-refractivity contribution in [1.82, 2.24) is 19.9 Å². The minimum Gasteiger partial charge on any atom is -0.382 e. The normalized spacial score (nSPS) is 21.0. The first-order valence-corrected chi connectivity index (χ1v) is 9.99. The van der Waals surface area contributed by atoms with Crippen LogP contribution >= 0.6 is 0 Å². The van der Waals surface area contributed by atoms with E-state index in [1.807, 2.05) is 36.4 Å². The molecule has 1 aromatic carbocycles. The van der Waals surface area contributed by atoms with E-state index in [-0.39, 0.29) is 5.91 Å². The van der Waals surface area contributed by atoms with Gasteiger partial charge in [-0.1, -0.05) is 24.0 Å². The summed E-state index contributed by atoms with van der Waals surface area (Å²) in [6, 6.07) is 11.3.